The lowest BCUT2D eigenvalue weighted by Crippen LogP contribution is -2.45. The monoisotopic (exact) mass is 291 g/mol. The molecule has 3 nitrogen and oxygen atoms in total. The van der Waals surface area contributed by atoms with Gasteiger partial charge in [-0.3, -0.25) is 0 Å². The SMILES string of the molecule is CC1(C)[C@@]2(/C=C/C#N)N=N[C@]1(c1ccccc1)[C@@H]1CCC[C@@H]12. The lowest BCUT2D eigenvalue weighted by Gasteiger charge is -2.40. The molecule has 2 bridgehead atoms. The third kappa shape index (κ3) is 1.28. The smallest absolute Gasteiger partial charge is 0.117 e. The number of nitrogens with zero attached hydrogens (tertiary/aromatic N) is 3. The molecule has 1 aromatic rings. The van der Waals surface area contributed by atoms with Crippen LogP contribution in [0.1, 0.15) is 38.7 Å². The molecule has 2 aliphatic carbocycles. The minimum Gasteiger partial charge on any atom is -0.193 e. The molecule has 1 aliphatic heterocycles. The first kappa shape index (κ1) is 13.7. The second kappa shape index (κ2) is 4.29. The van der Waals surface area contributed by atoms with Gasteiger partial charge >= 0.3 is 0 Å². The predicted molar refractivity (Wildman–Crippen MR) is 85.1 cm³/mol. The van der Waals surface area contributed by atoms with Crippen LogP contribution in [-0.4, -0.2) is 5.54 Å². The fraction of sp³-hybridized carbons (Fsp3) is 0.526. The quantitative estimate of drug-likeness (QED) is 0.733. The van der Waals surface area contributed by atoms with Crippen molar-refractivity contribution in [3.63, 3.8) is 0 Å². The van der Waals surface area contributed by atoms with Gasteiger partial charge in [0.25, 0.3) is 0 Å². The molecule has 2 saturated carbocycles. The van der Waals surface area contributed by atoms with Crippen molar-refractivity contribution in [2.24, 2.45) is 27.5 Å². The number of rotatable bonds is 2. The van der Waals surface area contributed by atoms with E-state index in [1.807, 2.05) is 6.08 Å². The summed E-state index contributed by atoms with van der Waals surface area (Å²) in [5.74, 6) is 1.04. The van der Waals surface area contributed by atoms with Crippen molar-refractivity contribution in [3.05, 3.63) is 48.0 Å². The molecular weight excluding hydrogens is 270 g/mol. The first-order chi connectivity index (χ1) is 10.6. The summed E-state index contributed by atoms with van der Waals surface area (Å²) in [5, 5.41) is 18.7. The van der Waals surface area contributed by atoms with Crippen LogP contribution in [0.2, 0.25) is 0 Å². The number of azo groups is 1. The van der Waals surface area contributed by atoms with Crippen molar-refractivity contribution in [3.8, 4) is 6.07 Å². The molecule has 2 fully saturated rings. The van der Waals surface area contributed by atoms with E-state index in [4.69, 9.17) is 15.5 Å². The van der Waals surface area contributed by atoms with E-state index in [0.29, 0.717) is 11.8 Å². The topological polar surface area (TPSA) is 48.5 Å². The molecule has 3 heteroatoms. The number of fused-ring (bicyclic) bond motifs is 5. The number of benzene rings is 1. The van der Waals surface area contributed by atoms with E-state index in [9.17, 15) is 0 Å². The summed E-state index contributed by atoms with van der Waals surface area (Å²) in [6.07, 6.45) is 7.30. The summed E-state index contributed by atoms with van der Waals surface area (Å²) in [5.41, 5.74) is 0.616. The van der Waals surface area contributed by atoms with Crippen LogP contribution in [0.5, 0.6) is 0 Å². The van der Waals surface area contributed by atoms with Crippen molar-refractivity contribution >= 4 is 0 Å². The van der Waals surface area contributed by atoms with Gasteiger partial charge in [0, 0.05) is 11.5 Å². The molecular formula is C19H21N3. The molecule has 112 valence electrons. The van der Waals surface area contributed by atoms with E-state index in [2.05, 4.69) is 50.2 Å². The van der Waals surface area contributed by atoms with E-state index in [-0.39, 0.29) is 16.5 Å². The predicted octanol–water partition coefficient (Wildman–Crippen LogP) is 4.62. The summed E-state index contributed by atoms with van der Waals surface area (Å²) in [4.78, 5) is 0. The summed E-state index contributed by atoms with van der Waals surface area (Å²) in [6, 6.07) is 12.8. The maximum absolute atomic E-state index is 9.03. The minimum absolute atomic E-state index is 0.107. The minimum atomic E-state index is -0.320. The number of hydrogen-bond donors (Lipinski definition) is 0. The molecule has 4 atom stereocenters. The summed E-state index contributed by atoms with van der Waals surface area (Å²) in [7, 11) is 0. The standard InChI is InChI=1S/C19H21N3/c1-17(2)18(12-7-13-20)15-10-6-11-16(15)19(17,22-21-18)14-8-4-3-5-9-14/h3-5,7-9,12,15-16H,6,10-11H2,1-2H3/b12-7+/t15-,16+,18-,19+/m0/s1. The highest BCUT2D eigenvalue weighted by Crippen LogP contribution is 2.74. The highest BCUT2D eigenvalue weighted by molar-refractivity contribution is 5.43. The number of allylic oxidation sites excluding steroid dienone is 1. The van der Waals surface area contributed by atoms with Crippen LogP contribution in [0.25, 0.3) is 0 Å². The Labute approximate surface area is 131 Å². The van der Waals surface area contributed by atoms with Gasteiger partial charge in [-0.2, -0.15) is 15.5 Å². The Bertz CT molecular complexity index is 697. The third-order valence-electron chi connectivity index (χ3n) is 6.57. The van der Waals surface area contributed by atoms with Gasteiger partial charge in [-0.25, -0.2) is 0 Å². The summed E-state index contributed by atoms with van der Waals surface area (Å²) >= 11 is 0. The van der Waals surface area contributed by atoms with Crippen LogP contribution >= 0.6 is 0 Å². The van der Waals surface area contributed by atoms with Crippen molar-refractivity contribution < 1.29 is 0 Å². The summed E-state index contributed by atoms with van der Waals surface area (Å²) in [6.45, 7) is 4.58. The average molecular weight is 291 g/mol. The van der Waals surface area contributed by atoms with E-state index >= 15 is 0 Å². The lowest BCUT2D eigenvalue weighted by atomic mass is 9.63. The molecule has 1 heterocycles. The first-order valence-corrected chi connectivity index (χ1v) is 8.17. The maximum atomic E-state index is 9.03. The Hall–Kier alpha value is -1.95. The van der Waals surface area contributed by atoms with Gasteiger partial charge in [-0.05, 0) is 36.3 Å². The molecule has 22 heavy (non-hydrogen) atoms. The third-order valence-corrected chi connectivity index (χ3v) is 6.57. The highest BCUT2D eigenvalue weighted by Gasteiger charge is 2.76. The van der Waals surface area contributed by atoms with Crippen LogP contribution in [0, 0.1) is 28.6 Å². The molecule has 0 saturated heterocycles. The number of nitriles is 1. The molecule has 0 unspecified atom stereocenters. The zero-order chi connectivity index (χ0) is 15.4. The average Bonchev–Trinajstić information content (AvgIpc) is 3.14. The second-order valence-corrected chi connectivity index (χ2v) is 7.39. The van der Waals surface area contributed by atoms with Crippen LogP contribution in [0.4, 0.5) is 0 Å². The highest BCUT2D eigenvalue weighted by atomic mass is 15.3. The largest absolute Gasteiger partial charge is 0.193 e. The van der Waals surface area contributed by atoms with Gasteiger partial charge in [-0.1, -0.05) is 50.6 Å². The Balaban J connectivity index is 1.96. The second-order valence-electron chi connectivity index (χ2n) is 7.39. The van der Waals surface area contributed by atoms with E-state index in [1.165, 1.54) is 24.8 Å². The van der Waals surface area contributed by atoms with Crippen molar-refractivity contribution in [2.45, 2.75) is 44.2 Å². The molecule has 4 rings (SSSR count). The van der Waals surface area contributed by atoms with E-state index < -0.39 is 0 Å². The normalized spacial score (nSPS) is 41.0. The Morgan fingerprint density at radius 2 is 1.86 bits per heavy atom. The van der Waals surface area contributed by atoms with Crippen molar-refractivity contribution in [1.82, 2.24) is 0 Å². The molecule has 0 N–H and O–H groups in total. The van der Waals surface area contributed by atoms with E-state index in [1.54, 1.807) is 6.08 Å². The Kier molecular flexibility index (Phi) is 2.67. The molecule has 0 radical (unpaired) electrons. The van der Waals surface area contributed by atoms with E-state index in [0.717, 1.165) is 0 Å². The van der Waals surface area contributed by atoms with Gasteiger partial charge < -0.3 is 0 Å². The molecule has 1 aromatic carbocycles. The van der Waals surface area contributed by atoms with Gasteiger partial charge in [-0.15, -0.1) is 0 Å². The molecule has 0 amide bonds. The molecule has 0 aromatic heterocycles. The first-order valence-electron chi connectivity index (χ1n) is 8.17. The fourth-order valence-electron chi connectivity index (χ4n) is 5.63. The van der Waals surface area contributed by atoms with Crippen LogP contribution in [-0.2, 0) is 5.54 Å². The summed E-state index contributed by atoms with van der Waals surface area (Å²) < 4.78 is 0. The van der Waals surface area contributed by atoms with Crippen LogP contribution in [0.15, 0.2) is 52.7 Å². The Morgan fingerprint density at radius 1 is 1.14 bits per heavy atom. The zero-order valence-electron chi connectivity index (χ0n) is 13.2. The van der Waals surface area contributed by atoms with Crippen LogP contribution < -0.4 is 0 Å². The number of hydrogen-bond acceptors (Lipinski definition) is 3. The molecule has 0 spiro atoms. The fourth-order valence-corrected chi connectivity index (χ4v) is 5.63. The maximum Gasteiger partial charge on any atom is 0.117 e. The van der Waals surface area contributed by atoms with Gasteiger partial charge in [0.05, 0.1) is 6.07 Å². The van der Waals surface area contributed by atoms with Gasteiger partial charge in [0.15, 0.2) is 0 Å². The van der Waals surface area contributed by atoms with Crippen molar-refractivity contribution in [2.75, 3.05) is 0 Å². The zero-order valence-corrected chi connectivity index (χ0v) is 13.2. The van der Waals surface area contributed by atoms with Crippen molar-refractivity contribution in [1.29, 1.82) is 5.26 Å². The van der Waals surface area contributed by atoms with Crippen LogP contribution in [0.3, 0.4) is 0 Å². The Morgan fingerprint density at radius 3 is 2.59 bits per heavy atom. The lowest BCUT2D eigenvalue weighted by molar-refractivity contribution is 0.164. The van der Waals surface area contributed by atoms with Gasteiger partial charge in [0.2, 0.25) is 0 Å². The van der Waals surface area contributed by atoms with Gasteiger partial charge in [0.1, 0.15) is 11.1 Å². The molecule has 3 aliphatic rings.